The number of carbonyl (C=O) groups is 1. The highest BCUT2D eigenvalue weighted by Gasteiger charge is 2.78. The zero-order valence-corrected chi connectivity index (χ0v) is 9.16. The molecule has 14 heavy (non-hydrogen) atoms. The molecule has 1 aromatic heterocycles. The molecule has 1 saturated carbocycles. The number of carboxylic acids is 1. The molecule has 1 atom stereocenters. The van der Waals surface area contributed by atoms with Crippen LogP contribution in [0.15, 0.2) is 15.9 Å². The summed E-state index contributed by atoms with van der Waals surface area (Å²) in [7, 11) is 0. The van der Waals surface area contributed by atoms with Crippen molar-refractivity contribution >= 4 is 33.2 Å². The number of aliphatic carboxylic acids is 1. The maximum Gasteiger partial charge on any atom is 0.321 e. The van der Waals surface area contributed by atoms with Crippen molar-refractivity contribution in [3.63, 3.8) is 0 Å². The zero-order chi connectivity index (χ0) is 10.6. The Morgan fingerprint density at radius 1 is 1.57 bits per heavy atom. The zero-order valence-electron chi connectivity index (χ0n) is 6.76. The van der Waals surface area contributed by atoms with Crippen LogP contribution in [0.1, 0.15) is 11.3 Å². The Bertz CT molecular complexity index is 404. The molecule has 0 amide bonds. The molecular weight excluding hydrogens is 278 g/mol. The first-order valence-corrected chi connectivity index (χ1v) is 5.38. The molecule has 0 saturated heterocycles. The van der Waals surface area contributed by atoms with Crippen molar-refractivity contribution in [3.05, 3.63) is 20.8 Å². The minimum atomic E-state index is -3.11. The van der Waals surface area contributed by atoms with Crippen LogP contribution in [-0.4, -0.2) is 17.0 Å². The molecule has 0 aliphatic heterocycles. The lowest BCUT2D eigenvalue weighted by molar-refractivity contribution is -0.142. The lowest BCUT2D eigenvalue weighted by Gasteiger charge is -2.07. The van der Waals surface area contributed by atoms with Crippen molar-refractivity contribution in [2.75, 3.05) is 0 Å². The van der Waals surface area contributed by atoms with Crippen LogP contribution < -0.4 is 0 Å². The maximum absolute atomic E-state index is 13.0. The Morgan fingerprint density at radius 3 is 2.43 bits per heavy atom. The van der Waals surface area contributed by atoms with E-state index < -0.39 is 23.7 Å². The van der Waals surface area contributed by atoms with Crippen LogP contribution in [-0.2, 0) is 10.2 Å². The van der Waals surface area contributed by atoms with E-state index in [4.69, 9.17) is 5.11 Å². The van der Waals surface area contributed by atoms with Crippen LogP contribution in [0, 0.1) is 0 Å². The second-order valence-corrected chi connectivity index (χ2v) is 5.66. The van der Waals surface area contributed by atoms with E-state index >= 15 is 0 Å². The molecule has 2 nitrogen and oxygen atoms in total. The molecule has 0 radical (unpaired) electrons. The first-order valence-electron chi connectivity index (χ1n) is 3.77. The van der Waals surface area contributed by atoms with Crippen LogP contribution in [0.5, 0.6) is 0 Å². The van der Waals surface area contributed by atoms with Gasteiger partial charge in [-0.15, -0.1) is 11.3 Å². The molecule has 2 rings (SSSR count). The summed E-state index contributed by atoms with van der Waals surface area (Å²) in [4.78, 5) is 11.0. The van der Waals surface area contributed by atoms with Gasteiger partial charge in [-0.25, -0.2) is 8.78 Å². The van der Waals surface area contributed by atoms with Crippen molar-refractivity contribution in [1.82, 2.24) is 0 Å². The van der Waals surface area contributed by atoms with E-state index in [0.717, 1.165) is 11.3 Å². The van der Waals surface area contributed by atoms with E-state index in [0.29, 0.717) is 3.79 Å². The highest BCUT2D eigenvalue weighted by molar-refractivity contribution is 9.11. The third-order valence-electron chi connectivity index (χ3n) is 2.35. The summed E-state index contributed by atoms with van der Waals surface area (Å²) in [6, 6.07) is 3.02. The highest BCUT2D eigenvalue weighted by atomic mass is 79.9. The number of carboxylic acid groups (broad SMARTS) is 1. The fraction of sp³-hybridized carbons (Fsp3) is 0.375. The van der Waals surface area contributed by atoms with E-state index in [2.05, 4.69) is 15.9 Å². The van der Waals surface area contributed by atoms with E-state index in [9.17, 15) is 13.6 Å². The molecule has 1 fully saturated rings. The van der Waals surface area contributed by atoms with Gasteiger partial charge in [-0.1, -0.05) is 0 Å². The first-order chi connectivity index (χ1) is 6.40. The molecule has 1 heterocycles. The van der Waals surface area contributed by atoms with Gasteiger partial charge in [0.25, 0.3) is 5.92 Å². The Balaban J connectivity index is 2.46. The van der Waals surface area contributed by atoms with Crippen LogP contribution in [0.4, 0.5) is 8.78 Å². The summed E-state index contributed by atoms with van der Waals surface area (Å²) < 4.78 is 26.7. The predicted octanol–water partition coefficient (Wildman–Crippen LogP) is 2.87. The predicted molar refractivity (Wildman–Crippen MR) is 50.9 cm³/mol. The van der Waals surface area contributed by atoms with Gasteiger partial charge in [0.15, 0.2) is 5.41 Å². The summed E-state index contributed by atoms with van der Waals surface area (Å²) >= 11 is 4.16. The highest BCUT2D eigenvalue weighted by Crippen LogP contribution is 2.63. The maximum atomic E-state index is 13.0. The normalized spacial score (nSPS) is 28.8. The van der Waals surface area contributed by atoms with E-state index in [1.165, 1.54) is 6.07 Å². The Labute approximate surface area is 90.7 Å². The molecule has 1 aromatic rings. The fourth-order valence-corrected chi connectivity index (χ4v) is 3.06. The SMILES string of the molecule is O=C(O)C1(c2ccc(Br)s2)CC1(F)F. The van der Waals surface area contributed by atoms with Gasteiger partial charge in [0.05, 0.1) is 3.79 Å². The summed E-state index contributed by atoms with van der Waals surface area (Å²) in [6.45, 7) is 0. The van der Waals surface area contributed by atoms with Crippen LogP contribution in [0.25, 0.3) is 0 Å². The second-order valence-electron chi connectivity index (χ2n) is 3.20. The molecule has 1 aliphatic rings. The topological polar surface area (TPSA) is 37.3 Å². The van der Waals surface area contributed by atoms with Gasteiger partial charge in [-0.2, -0.15) is 0 Å². The molecule has 76 valence electrons. The van der Waals surface area contributed by atoms with E-state index in [-0.39, 0.29) is 4.88 Å². The lowest BCUT2D eigenvalue weighted by Crippen LogP contribution is -2.25. The smallest absolute Gasteiger partial charge is 0.321 e. The van der Waals surface area contributed by atoms with Gasteiger partial charge in [0.1, 0.15) is 0 Å². The monoisotopic (exact) mass is 282 g/mol. The molecule has 0 spiro atoms. The van der Waals surface area contributed by atoms with Crippen LogP contribution in [0.3, 0.4) is 0 Å². The van der Waals surface area contributed by atoms with Gasteiger partial charge in [-0.05, 0) is 28.1 Å². The average Bonchev–Trinajstić information content (AvgIpc) is 2.44. The molecule has 0 bridgehead atoms. The van der Waals surface area contributed by atoms with E-state index in [1.54, 1.807) is 6.07 Å². The third-order valence-corrected chi connectivity index (χ3v) is 4.13. The standard InChI is InChI=1S/C8H5BrF2O2S/c9-5-2-1-4(14-5)7(6(12)13)3-8(7,10)11/h1-2H,3H2,(H,12,13). The molecule has 6 heteroatoms. The number of thiophene rings is 1. The van der Waals surface area contributed by atoms with Crippen LogP contribution in [0.2, 0.25) is 0 Å². The van der Waals surface area contributed by atoms with Gasteiger partial charge in [0.2, 0.25) is 0 Å². The molecule has 1 unspecified atom stereocenters. The molecular formula is C8H5BrF2O2S. The number of hydrogen-bond donors (Lipinski definition) is 1. The van der Waals surface area contributed by atoms with Crippen molar-refractivity contribution in [3.8, 4) is 0 Å². The quantitative estimate of drug-likeness (QED) is 0.906. The van der Waals surface area contributed by atoms with Crippen LogP contribution >= 0.6 is 27.3 Å². The first kappa shape index (κ1) is 10.0. The summed E-state index contributed by atoms with van der Waals surface area (Å²) in [5, 5.41) is 8.81. The number of rotatable bonds is 2. The second kappa shape index (κ2) is 2.76. The Hall–Kier alpha value is -0.490. The summed E-state index contributed by atoms with van der Waals surface area (Å²) in [6.07, 6.45) is -0.595. The van der Waals surface area contributed by atoms with Crippen molar-refractivity contribution in [2.45, 2.75) is 17.8 Å². The average molecular weight is 283 g/mol. The van der Waals surface area contributed by atoms with Gasteiger partial charge >= 0.3 is 5.97 Å². The third kappa shape index (κ3) is 1.13. The lowest BCUT2D eigenvalue weighted by atomic mass is 10.1. The van der Waals surface area contributed by atoms with Gasteiger partial charge in [0, 0.05) is 11.3 Å². The number of halogens is 3. The Morgan fingerprint density at radius 2 is 2.14 bits per heavy atom. The summed E-state index contributed by atoms with van der Waals surface area (Å²) in [5.74, 6) is -4.56. The molecule has 1 aliphatic carbocycles. The van der Waals surface area contributed by atoms with Gasteiger partial charge in [-0.3, -0.25) is 4.79 Å². The number of hydrogen-bond acceptors (Lipinski definition) is 2. The molecule has 0 aromatic carbocycles. The summed E-state index contributed by atoms with van der Waals surface area (Å²) in [5.41, 5.74) is -1.97. The molecule has 1 N–H and O–H groups in total. The van der Waals surface area contributed by atoms with Crippen molar-refractivity contribution in [2.24, 2.45) is 0 Å². The Kier molecular flexibility index (Phi) is 1.98. The fourth-order valence-electron chi connectivity index (χ4n) is 1.44. The largest absolute Gasteiger partial charge is 0.480 e. The van der Waals surface area contributed by atoms with Crippen molar-refractivity contribution < 1.29 is 18.7 Å². The minimum absolute atomic E-state index is 0.210. The van der Waals surface area contributed by atoms with Gasteiger partial charge < -0.3 is 5.11 Å². The minimum Gasteiger partial charge on any atom is -0.480 e. The van der Waals surface area contributed by atoms with E-state index in [1.807, 2.05) is 0 Å². The number of alkyl halides is 2. The van der Waals surface area contributed by atoms with Crippen molar-refractivity contribution in [1.29, 1.82) is 0 Å².